The van der Waals surface area contributed by atoms with Gasteiger partial charge >= 0.3 is 0 Å². The van der Waals surface area contributed by atoms with Gasteiger partial charge in [-0.15, -0.1) is 0 Å². The van der Waals surface area contributed by atoms with Crippen molar-refractivity contribution in [1.29, 1.82) is 0 Å². The van der Waals surface area contributed by atoms with E-state index >= 15 is 0 Å². The van der Waals surface area contributed by atoms with Crippen LogP contribution in [0.2, 0.25) is 0 Å². The van der Waals surface area contributed by atoms with E-state index in [-0.39, 0.29) is 0 Å². The minimum Gasteiger partial charge on any atom is -0.381 e. The van der Waals surface area contributed by atoms with Gasteiger partial charge in [0.1, 0.15) is 0 Å². The number of rotatable bonds is 11. The van der Waals surface area contributed by atoms with Gasteiger partial charge in [-0.05, 0) is 24.7 Å². The number of ether oxygens (including phenoxy) is 1. The molecule has 1 nitrogen and oxygen atoms in total. The number of unbranched alkanes of at least 4 members (excludes halogenated alkanes) is 2. The van der Waals surface area contributed by atoms with Crippen molar-refractivity contribution in [1.82, 2.24) is 0 Å². The molecule has 0 rings (SSSR count). The molecule has 0 saturated carbocycles. The largest absolute Gasteiger partial charge is 0.381 e. The molecule has 0 amide bonds. The van der Waals surface area contributed by atoms with E-state index in [4.69, 9.17) is 4.74 Å². The first-order valence-electron chi connectivity index (χ1n) is 7.24. The van der Waals surface area contributed by atoms with E-state index in [0.717, 1.165) is 25.0 Å². The van der Waals surface area contributed by atoms with Gasteiger partial charge in [0.2, 0.25) is 0 Å². The Bertz CT molecular complexity index is 131. The highest BCUT2D eigenvalue weighted by atomic mass is 16.5. The Kier molecular flexibility index (Phi) is 11.4. The molecular formula is C15H32O. The molecule has 0 aliphatic rings. The van der Waals surface area contributed by atoms with Crippen molar-refractivity contribution in [3.05, 3.63) is 0 Å². The first-order chi connectivity index (χ1) is 7.66. The first kappa shape index (κ1) is 16.0. The molecule has 0 saturated heterocycles. The SMILES string of the molecule is CCCCCOCCC(C)CCCC(C)C. The predicted octanol–water partition coefficient (Wildman–Crippen LogP) is 5.05. The summed E-state index contributed by atoms with van der Waals surface area (Å²) in [4.78, 5) is 0. The Morgan fingerprint density at radius 1 is 0.812 bits per heavy atom. The zero-order valence-corrected chi connectivity index (χ0v) is 11.9. The van der Waals surface area contributed by atoms with Crippen molar-refractivity contribution >= 4 is 0 Å². The van der Waals surface area contributed by atoms with Crippen LogP contribution in [0.1, 0.15) is 72.6 Å². The van der Waals surface area contributed by atoms with E-state index in [1.165, 1.54) is 44.9 Å². The zero-order chi connectivity index (χ0) is 12.2. The molecule has 0 spiro atoms. The van der Waals surface area contributed by atoms with E-state index < -0.39 is 0 Å². The molecule has 16 heavy (non-hydrogen) atoms. The van der Waals surface area contributed by atoms with Crippen LogP contribution < -0.4 is 0 Å². The highest BCUT2D eigenvalue weighted by Gasteiger charge is 2.03. The third kappa shape index (κ3) is 12.0. The molecule has 0 aromatic carbocycles. The summed E-state index contributed by atoms with van der Waals surface area (Å²) >= 11 is 0. The average Bonchev–Trinajstić information content (AvgIpc) is 2.22. The Morgan fingerprint density at radius 3 is 2.19 bits per heavy atom. The highest BCUT2D eigenvalue weighted by Crippen LogP contribution is 2.15. The van der Waals surface area contributed by atoms with Crippen LogP contribution in [0.3, 0.4) is 0 Å². The van der Waals surface area contributed by atoms with Gasteiger partial charge in [0.05, 0.1) is 0 Å². The summed E-state index contributed by atoms with van der Waals surface area (Å²) in [5, 5.41) is 0. The van der Waals surface area contributed by atoms with Crippen LogP contribution in [0.5, 0.6) is 0 Å². The monoisotopic (exact) mass is 228 g/mol. The lowest BCUT2D eigenvalue weighted by Gasteiger charge is -2.12. The molecule has 0 aliphatic carbocycles. The van der Waals surface area contributed by atoms with E-state index in [1.54, 1.807) is 0 Å². The van der Waals surface area contributed by atoms with Crippen LogP contribution in [0.25, 0.3) is 0 Å². The Balaban J connectivity index is 3.14. The fourth-order valence-corrected chi connectivity index (χ4v) is 1.86. The lowest BCUT2D eigenvalue weighted by atomic mass is 9.98. The molecule has 0 N–H and O–H groups in total. The highest BCUT2D eigenvalue weighted by molar-refractivity contribution is 4.55. The first-order valence-corrected chi connectivity index (χ1v) is 7.24. The fraction of sp³-hybridized carbons (Fsp3) is 1.00. The normalized spacial score (nSPS) is 13.3. The van der Waals surface area contributed by atoms with E-state index in [2.05, 4.69) is 27.7 Å². The van der Waals surface area contributed by atoms with Crippen molar-refractivity contribution in [2.75, 3.05) is 13.2 Å². The molecule has 98 valence electrons. The second-order valence-corrected chi connectivity index (χ2v) is 5.54. The van der Waals surface area contributed by atoms with E-state index in [9.17, 15) is 0 Å². The van der Waals surface area contributed by atoms with Crippen molar-refractivity contribution in [2.45, 2.75) is 72.6 Å². The van der Waals surface area contributed by atoms with E-state index in [1.807, 2.05) is 0 Å². The van der Waals surface area contributed by atoms with Crippen molar-refractivity contribution in [2.24, 2.45) is 11.8 Å². The van der Waals surface area contributed by atoms with Gasteiger partial charge in [0, 0.05) is 13.2 Å². The lowest BCUT2D eigenvalue weighted by molar-refractivity contribution is 0.117. The van der Waals surface area contributed by atoms with Gasteiger partial charge in [0.15, 0.2) is 0 Å². The molecule has 0 heterocycles. The summed E-state index contributed by atoms with van der Waals surface area (Å²) in [6.45, 7) is 11.1. The van der Waals surface area contributed by atoms with E-state index in [0.29, 0.717) is 0 Å². The van der Waals surface area contributed by atoms with Crippen LogP contribution in [0.15, 0.2) is 0 Å². The summed E-state index contributed by atoms with van der Waals surface area (Å²) in [5.74, 6) is 1.70. The molecule has 0 aliphatic heterocycles. The molecule has 0 aromatic heterocycles. The molecule has 0 radical (unpaired) electrons. The third-order valence-corrected chi connectivity index (χ3v) is 3.13. The van der Waals surface area contributed by atoms with Gasteiger partial charge in [-0.1, -0.05) is 59.8 Å². The smallest absolute Gasteiger partial charge is 0.0468 e. The molecule has 1 unspecified atom stereocenters. The Morgan fingerprint density at radius 2 is 1.56 bits per heavy atom. The van der Waals surface area contributed by atoms with Gasteiger partial charge in [-0.25, -0.2) is 0 Å². The van der Waals surface area contributed by atoms with Gasteiger partial charge in [-0.2, -0.15) is 0 Å². The van der Waals surface area contributed by atoms with Gasteiger partial charge in [-0.3, -0.25) is 0 Å². The van der Waals surface area contributed by atoms with Crippen LogP contribution in [-0.2, 0) is 4.74 Å². The molecule has 0 fully saturated rings. The van der Waals surface area contributed by atoms with Gasteiger partial charge in [0.25, 0.3) is 0 Å². The minimum absolute atomic E-state index is 0.838. The van der Waals surface area contributed by atoms with Crippen LogP contribution in [0.4, 0.5) is 0 Å². The molecule has 1 atom stereocenters. The topological polar surface area (TPSA) is 9.23 Å². The zero-order valence-electron chi connectivity index (χ0n) is 11.9. The summed E-state index contributed by atoms with van der Waals surface area (Å²) in [5.41, 5.74) is 0. The second-order valence-electron chi connectivity index (χ2n) is 5.54. The maximum absolute atomic E-state index is 5.63. The predicted molar refractivity (Wildman–Crippen MR) is 72.8 cm³/mol. The Hall–Kier alpha value is -0.0400. The summed E-state index contributed by atoms with van der Waals surface area (Å²) in [6.07, 6.45) is 9.20. The third-order valence-electron chi connectivity index (χ3n) is 3.13. The van der Waals surface area contributed by atoms with Crippen molar-refractivity contribution in [3.8, 4) is 0 Å². The minimum atomic E-state index is 0.838. The van der Waals surface area contributed by atoms with Crippen molar-refractivity contribution in [3.63, 3.8) is 0 Å². The lowest BCUT2D eigenvalue weighted by Crippen LogP contribution is -2.03. The second kappa shape index (κ2) is 11.4. The number of hydrogen-bond donors (Lipinski definition) is 0. The maximum Gasteiger partial charge on any atom is 0.0468 e. The molecular weight excluding hydrogens is 196 g/mol. The maximum atomic E-state index is 5.63. The van der Waals surface area contributed by atoms with Crippen LogP contribution in [0, 0.1) is 11.8 Å². The van der Waals surface area contributed by atoms with Crippen LogP contribution >= 0.6 is 0 Å². The Labute approximate surface area is 103 Å². The van der Waals surface area contributed by atoms with Gasteiger partial charge < -0.3 is 4.74 Å². The quantitative estimate of drug-likeness (QED) is 0.450. The molecule has 1 heteroatoms. The van der Waals surface area contributed by atoms with Crippen molar-refractivity contribution < 1.29 is 4.74 Å². The average molecular weight is 228 g/mol. The molecule has 0 bridgehead atoms. The number of hydrogen-bond acceptors (Lipinski definition) is 1. The fourth-order valence-electron chi connectivity index (χ4n) is 1.86. The summed E-state index contributed by atoms with van der Waals surface area (Å²) in [7, 11) is 0. The standard InChI is InChI=1S/C15H32O/c1-5-6-7-12-16-13-11-15(4)10-8-9-14(2)3/h14-15H,5-13H2,1-4H3. The summed E-state index contributed by atoms with van der Waals surface area (Å²) < 4.78 is 5.63. The summed E-state index contributed by atoms with van der Waals surface area (Å²) in [6, 6.07) is 0. The van der Waals surface area contributed by atoms with Crippen LogP contribution in [-0.4, -0.2) is 13.2 Å². The molecule has 0 aromatic rings.